The first kappa shape index (κ1) is 12.3. The zero-order valence-corrected chi connectivity index (χ0v) is 10.5. The summed E-state index contributed by atoms with van der Waals surface area (Å²) >= 11 is 12.1. The lowest BCUT2D eigenvalue weighted by atomic mass is 10.0. The summed E-state index contributed by atoms with van der Waals surface area (Å²) in [6, 6.07) is 4.82. The molecule has 0 aliphatic rings. The molecule has 0 aliphatic heterocycles. The van der Waals surface area contributed by atoms with Crippen molar-refractivity contribution in [3.8, 4) is 5.75 Å². The highest BCUT2D eigenvalue weighted by molar-refractivity contribution is 6.34. The number of hydrogen-bond donors (Lipinski definition) is 1. The van der Waals surface area contributed by atoms with Crippen LogP contribution in [0.25, 0.3) is 0 Å². The van der Waals surface area contributed by atoms with Gasteiger partial charge in [0.25, 0.3) is 0 Å². The predicted octanol–water partition coefficient (Wildman–Crippen LogP) is 3.68. The molecule has 0 spiro atoms. The molecule has 1 unspecified atom stereocenters. The van der Waals surface area contributed by atoms with Crippen LogP contribution in [0, 0.1) is 0 Å². The summed E-state index contributed by atoms with van der Waals surface area (Å²) in [6.07, 6.45) is 2.07. The topological polar surface area (TPSA) is 42.6 Å². The number of furan rings is 1. The Bertz CT molecular complexity index is 509. The third kappa shape index (κ3) is 2.41. The molecular weight excluding hydrogens is 263 g/mol. The summed E-state index contributed by atoms with van der Waals surface area (Å²) in [5.74, 6) is 0.472. The average Bonchev–Trinajstić information content (AvgIpc) is 2.84. The van der Waals surface area contributed by atoms with Gasteiger partial charge in [0.1, 0.15) is 11.9 Å². The van der Waals surface area contributed by atoms with E-state index in [4.69, 9.17) is 32.4 Å². The first-order chi connectivity index (χ1) is 8.13. The lowest BCUT2D eigenvalue weighted by Gasteiger charge is -2.13. The van der Waals surface area contributed by atoms with E-state index in [1.54, 1.807) is 18.2 Å². The van der Waals surface area contributed by atoms with Crippen LogP contribution in [0.2, 0.25) is 10.0 Å². The highest BCUT2D eigenvalue weighted by Crippen LogP contribution is 2.36. The van der Waals surface area contributed by atoms with Gasteiger partial charge in [-0.15, -0.1) is 0 Å². The lowest BCUT2D eigenvalue weighted by Crippen LogP contribution is -2.00. The molecule has 0 saturated heterocycles. The number of halogens is 2. The lowest BCUT2D eigenvalue weighted by molar-refractivity contribution is 0.219. The maximum absolute atomic E-state index is 10.1. The highest BCUT2D eigenvalue weighted by atomic mass is 35.5. The molecule has 0 aliphatic carbocycles. The maximum Gasteiger partial charge on any atom is 0.138 e. The minimum atomic E-state index is -0.871. The number of benzene rings is 1. The van der Waals surface area contributed by atoms with E-state index >= 15 is 0 Å². The SMILES string of the molecule is COc1cc(Cl)c(C(O)c2ccoc2)cc1Cl. The molecule has 1 N–H and O–H groups in total. The van der Waals surface area contributed by atoms with Crippen LogP contribution in [0.3, 0.4) is 0 Å². The molecule has 90 valence electrons. The predicted molar refractivity (Wildman–Crippen MR) is 65.8 cm³/mol. The van der Waals surface area contributed by atoms with Crippen molar-refractivity contribution in [1.82, 2.24) is 0 Å². The first-order valence-corrected chi connectivity index (χ1v) is 5.62. The molecule has 17 heavy (non-hydrogen) atoms. The number of hydrogen-bond acceptors (Lipinski definition) is 3. The van der Waals surface area contributed by atoms with Crippen LogP contribution in [0.5, 0.6) is 5.75 Å². The van der Waals surface area contributed by atoms with Crippen LogP contribution in [0.1, 0.15) is 17.2 Å². The van der Waals surface area contributed by atoms with Crippen molar-refractivity contribution in [1.29, 1.82) is 0 Å². The third-order valence-corrected chi connectivity index (χ3v) is 3.05. The van der Waals surface area contributed by atoms with E-state index in [1.807, 2.05) is 0 Å². The molecule has 1 atom stereocenters. The number of ether oxygens (including phenoxy) is 1. The van der Waals surface area contributed by atoms with Crippen molar-refractivity contribution < 1.29 is 14.3 Å². The van der Waals surface area contributed by atoms with E-state index in [9.17, 15) is 5.11 Å². The van der Waals surface area contributed by atoms with Crippen LogP contribution < -0.4 is 4.74 Å². The fraction of sp³-hybridized carbons (Fsp3) is 0.167. The zero-order valence-electron chi connectivity index (χ0n) is 8.98. The smallest absolute Gasteiger partial charge is 0.138 e. The quantitative estimate of drug-likeness (QED) is 0.927. The Morgan fingerprint density at radius 2 is 2.06 bits per heavy atom. The molecule has 5 heteroatoms. The Kier molecular flexibility index (Phi) is 3.62. The van der Waals surface area contributed by atoms with E-state index < -0.39 is 6.10 Å². The third-order valence-electron chi connectivity index (χ3n) is 2.42. The summed E-state index contributed by atoms with van der Waals surface area (Å²) in [6.45, 7) is 0. The average molecular weight is 273 g/mol. The molecule has 0 radical (unpaired) electrons. The van der Waals surface area contributed by atoms with E-state index in [1.165, 1.54) is 19.6 Å². The number of methoxy groups -OCH3 is 1. The van der Waals surface area contributed by atoms with Crippen molar-refractivity contribution in [3.05, 3.63) is 51.9 Å². The molecule has 0 saturated carbocycles. The van der Waals surface area contributed by atoms with Gasteiger partial charge in [0, 0.05) is 17.2 Å². The summed E-state index contributed by atoms with van der Waals surface area (Å²) in [7, 11) is 1.50. The molecule has 2 rings (SSSR count). The van der Waals surface area contributed by atoms with E-state index in [-0.39, 0.29) is 0 Å². The summed E-state index contributed by atoms with van der Waals surface area (Å²) < 4.78 is 9.95. The van der Waals surface area contributed by atoms with Gasteiger partial charge in [0.2, 0.25) is 0 Å². The minimum absolute atomic E-state index is 0.389. The highest BCUT2D eigenvalue weighted by Gasteiger charge is 2.17. The van der Waals surface area contributed by atoms with Gasteiger partial charge < -0.3 is 14.3 Å². The summed E-state index contributed by atoms with van der Waals surface area (Å²) in [4.78, 5) is 0. The van der Waals surface area contributed by atoms with Gasteiger partial charge in [-0.3, -0.25) is 0 Å². The van der Waals surface area contributed by atoms with E-state index in [2.05, 4.69) is 0 Å². The summed E-state index contributed by atoms with van der Waals surface area (Å²) in [5, 5.41) is 10.9. The molecule has 2 aromatic rings. The molecule has 0 fully saturated rings. The van der Waals surface area contributed by atoms with Crippen LogP contribution in [0.15, 0.2) is 35.1 Å². The molecule has 0 amide bonds. The van der Waals surface area contributed by atoms with E-state index in [0.29, 0.717) is 26.9 Å². The van der Waals surface area contributed by atoms with Gasteiger partial charge in [-0.1, -0.05) is 23.2 Å². The monoisotopic (exact) mass is 272 g/mol. The number of aliphatic hydroxyl groups is 1. The fourth-order valence-corrected chi connectivity index (χ4v) is 2.03. The molecule has 3 nitrogen and oxygen atoms in total. The van der Waals surface area contributed by atoms with Crippen molar-refractivity contribution in [3.63, 3.8) is 0 Å². The molecule has 1 aromatic heterocycles. The summed E-state index contributed by atoms with van der Waals surface area (Å²) in [5.41, 5.74) is 1.13. The van der Waals surface area contributed by atoms with Gasteiger partial charge in [-0.25, -0.2) is 0 Å². The van der Waals surface area contributed by atoms with Gasteiger partial charge >= 0.3 is 0 Å². The zero-order chi connectivity index (χ0) is 12.4. The normalized spacial score (nSPS) is 12.5. The van der Waals surface area contributed by atoms with Gasteiger partial charge in [-0.2, -0.15) is 0 Å². The molecule has 1 heterocycles. The second kappa shape index (κ2) is 5.00. The Morgan fingerprint density at radius 1 is 1.29 bits per heavy atom. The second-order valence-corrected chi connectivity index (χ2v) is 4.28. The van der Waals surface area contributed by atoms with Crippen molar-refractivity contribution in [2.75, 3.05) is 7.11 Å². The van der Waals surface area contributed by atoms with Crippen molar-refractivity contribution >= 4 is 23.2 Å². The van der Waals surface area contributed by atoms with Crippen LogP contribution in [-0.4, -0.2) is 12.2 Å². The second-order valence-electron chi connectivity index (χ2n) is 3.47. The Hall–Kier alpha value is -1.16. The number of aliphatic hydroxyl groups excluding tert-OH is 1. The van der Waals surface area contributed by atoms with E-state index in [0.717, 1.165) is 0 Å². The first-order valence-electron chi connectivity index (χ1n) is 4.86. The fourth-order valence-electron chi connectivity index (χ4n) is 1.52. The Morgan fingerprint density at radius 3 is 2.65 bits per heavy atom. The van der Waals surface area contributed by atoms with Gasteiger partial charge in [0.05, 0.1) is 29.7 Å². The Balaban J connectivity index is 2.42. The van der Waals surface area contributed by atoms with Gasteiger partial charge in [-0.05, 0) is 12.1 Å². The molecule has 1 aromatic carbocycles. The van der Waals surface area contributed by atoms with Crippen LogP contribution in [0.4, 0.5) is 0 Å². The van der Waals surface area contributed by atoms with Crippen LogP contribution >= 0.6 is 23.2 Å². The van der Waals surface area contributed by atoms with Crippen LogP contribution in [-0.2, 0) is 0 Å². The largest absolute Gasteiger partial charge is 0.495 e. The van der Waals surface area contributed by atoms with Crippen molar-refractivity contribution in [2.45, 2.75) is 6.10 Å². The Labute approximate surface area is 109 Å². The number of rotatable bonds is 3. The maximum atomic E-state index is 10.1. The van der Waals surface area contributed by atoms with Gasteiger partial charge in [0.15, 0.2) is 0 Å². The standard InChI is InChI=1S/C12H10Cl2O3/c1-16-11-5-9(13)8(4-10(11)14)12(15)7-2-3-17-6-7/h2-6,12,15H,1H3. The molecular formula is C12H10Cl2O3. The minimum Gasteiger partial charge on any atom is -0.495 e. The molecule has 0 bridgehead atoms. The van der Waals surface area contributed by atoms with Crippen molar-refractivity contribution in [2.24, 2.45) is 0 Å².